The third-order valence-electron chi connectivity index (χ3n) is 4.35. The number of benzene rings is 1. The average Bonchev–Trinajstić information content (AvgIpc) is 2.96. The molecule has 19 heavy (non-hydrogen) atoms. The number of fused-ring (bicyclic) bond motifs is 1. The molecular formula is C16H21N3. The van der Waals surface area contributed by atoms with E-state index in [2.05, 4.69) is 29.4 Å². The van der Waals surface area contributed by atoms with E-state index in [0.717, 1.165) is 28.1 Å². The van der Waals surface area contributed by atoms with E-state index in [0.29, 0.717) is 6.04 Å². The molecule has 3 rings (SSSR count). The fraction of sp³-hybridized carbons (Fsp3) is 0.438. The maximum Gasteiger partial charge on any atom is 0.0630 e. The van der Waals surface area contributed by atoms with E-state index in [4.69, 9.17) is 5.73 Å². The summed E-state index contributed by atoms with van der Waals surface area (Å²) in [4.78, 5) is 4.13. The lowest BCUT2D eigenvalue weighted by atomic mass is 9.99. The van der Waals surface area contributed by atoms with Gasteiger partial charge in [-0.25, -0.2) is 0 Å². The van der Waals surface area contributed by atoms with Gasteiger partial charge in [-0.3, -0.25) is 4.98 Å². The summed E-state index contributed by atoms with van der Waals surface area (Å²) in [6.07, 6.45) is 9.07. The number of nitrogens with two attached hydrogens (primary N) is 1. The van der Waals surface area contributed by atoms with Crippen molar-refractivity contribution < 1.29 is 0 Å². The van der Waals surface area contributed by atoms with Crippen molar-refractivity contribution in [2.75, 3.05) is 11.1 Å². The van der Waals surface area contributed by atoms with Crippen LogP contribution in [0.25, 0.3) is 10.8 Å². The Kier molecular flexibility index (Phi) is 3.28. The number of aromatic nitrogens is 1. The molecule has 1 aliphatic rings. The normalized spacial score (nSPS) is 17.7. The fourth-order valence-corrected chi connectivity index (χ4v) is 3.14. The zero-order valence-corrected chi connectivity index (χ0v) is 11.4. The van der Waals surface area contributed by atoms with Gasteiger partial charge in [-0.1, -0.05) is 18.9 Å². The summed E-state index contributed by atoms with van der Waals surface area (Å²) in [7, 11) is 0. The lowest BCUT2D eigenvalue weighted by molar-refractivity contribution is 0.482. The van der Waals surface area contributed by atoms with Gasteiger partial charge in [0.05, 0.1) is 11.4 Å². The molecule has 1 aromatic carbocycles. The Labute approximate surface area is 114 Å². The third-order valence-corrected chi connectivity index (χ3v) is 4.35. The zero-order valence-electron chi connectivity index (χ0n) is 11.4. The van der Waals surface area contributed by atoms with Crippen molar-refractivity contribution in [2.24, 2.45) is 5.92 Å². The molecule has 0 amide bonds. The van der Waals surface area contributed by atoms with E-state index in [1.165, 1.54) is 25.7 Å². The van der Waals surface area contributed by atoms with Crippen molar-refractivity contribution in [1.82, 2.24) is 4.98 Å². The molecule has 2 aromatic rings. The highest BCUT2D eigenvalue weighted by atomic mass is 14.9. The van der Waals surface area contributed by atoms with Gasteiger partial charge < -0.3 is 11.1 Å². The first-order chi connectivity index (χ1) is 9.25. The second-order valence-corrected chi connectivity index (χ2v) is 5.60. The molecule has 3 heteroatoms. The number of rotatable bonds is 3. The molecular weight excluding hydrogens is 234 g/mol. The summed E-state index contributed by atoms with van der Waals surface area (Å²) in [5.41, 5.74) is 8.17. The first-order valence-electron chi connectivity index (χ1n) is 7.14. The number of hydrogen-bond acceptors (Lipinski definition) is 3. The second kappa shape index (κ2) is 5.08. The Morgan fingerprint density at radius 1 is 1.26 bits per heavy atom. The van der Waals surface area contributed by atoms with E-state index in [-0.39, 0.29) is 0 Å². The highest BCUT2D eigenvalue weighted by Gasteiger charge is 2.21. The summed E-state index contributed by atoms with van der Waals surface area (Å²) < 4.78 is 0. The maximum atomic E-state index is 6.28. The third kappa shape index (κ3) is 2.37. The number of nitrogen functional groups attached to an aromatic ring is 1. The van der Waals surface area contributed by atoms with Crippen LogP contribution in [0.5, 0.6) is 0 Å². The minimum absolute atomic E-state index is 0.490. The van der Waals surface area contributed by atoms with Crippen LogP contribution in [0.3, 0.4) is 0 Å². The molecule has 3 N–H and O–H groups in total. The monoisotopic (exact) mass is 255 g/mol. The van der Waals surface area contributed by atoms with Gasteiger partial charge in [-0.15, -0.1) is 0 Å². The number of hydrogen-bond donors (Lipinski definition) is 2. The van der Waals surface area contributed by atoms with Gasteiger partial charge in [0.1, 0.15) is 0 Å². The van der Waals surface area contributed by atoms with Crippen molar-refractivity contribution in [3.8, 4) is 0 Å². The molecule has 0 saturated heterocycles. The van der Waals surface area contributed by atoms with Crippen LogP contribution in [-0.4, -0.2) is 11.0 Å². The fourth-order valence-electron chi connectivity index (χ4n) is 3.14. The van der Waals surface area contributed by atoms with Gasteiger partial charge in [-0.05, 0) is 37.8 Å². The molecule has 1 aromatic heterocycles. The minimum atomic E-state index is 0.490. The maximum absolute atomic E-state index is 6.28. The number of anilines is 2. The summed E-state index contributed by atoms with van der Waals surface area (Å²) in [6, 6.07) is 6.63. The molecule has 3 nitrogen and oxygen atoms in total. The zero-order chi connectivity index (χ0) is 13.2. The van der Waals surface area contributed by atoms with Crippen molar-refractivity contribution in [3.63, 3.8) is 0 Å². The highest BCUT2D eigenvalue weighted by Crippen LogP contribution is 2.32. The number of nitrogens with one attached hydrogen (secondary N) is 1. The van der Waals surface area contributed by atoms with E-state index >= 15 is 0 Å². The molecule has 1 atom stereocenters. The van der Waals surface area contributed by atoms with Crippen LogP contribution in [0.2, 0.25) is 0 Å². The van der Waals surface area contributed by atoms with Gasteiger partial charge in [0.25, 0.3) is 0 Å². The Balaban J connectivity index is 1.86. The SMILES string of the molecule is CC(Nc1ccc2cnccc2c1N)C1CCCC1. The van der Waals surface area contributed by atoms with E-state index < -0.39 is 0 Å². The first-order valence-corrected chi connectivity index (χ1v) is 7.14. The van der Waals surface area contributed by atoms with Crippen molar-refractivity contribution in [1.29, 1.82) is 0 Å². The van der Waals surface area contributed by atoms with Gasteiger partial charge in [0.2, 0.25) is 0 Å². The summed E-state index contributed by atoms with van der Waals surface area (Å²) in [5, 5.41) is 5.78. The Morgan fingerprint density at radius 3 is 2.84 bits per heavy atom. The Bertz CT molecular complexity index is 573. The highest BCUT2D eigenvalue weighted by molar-refractivity contribution is 5.98. The van der Waals surface area contributed by atoms with Crippen LogP contribution in [0.1, 0.15) is 32.6 Å². The molecule has 0 radical (unpaired) electrons. The van der Waals surface area contributed by atoms with Crippen LogP contribution in [0, 0.1) is 5.92 Å². The average molecular weight is 255 g/mol. The van der Waals surface area contributed by atoms with Crippen LogP contribution in [-0.2, 0) is 0 Å². The predicted octanol–water partition coefficient (Wildman–Crippen LogP) is 3.81. The van der Waals surface area contributed by atoms with Crippen molar-refractivity contribution in [3.05, 3.63) is 30.6 Å². The van der Waals surface area contributed by atoms with Gasteiger partial charge in [-0.2, -0.15) is 0 Å². The number of nitrogens with zero attached hydrogens (tertiary/aromatic N) is 1. The molecule has 1 unspecified atom stereocenters. The van der Waals surface area contributed by atoms with Crippen LogP contribution in [0.4, 0.5) is 11.4 Å². The second-order valence-electron chi connectivity index (χ2n) is 5.60. The molecule has 100 valence electrons. The molecule has 0 spiro atoms. The Morgan fingerprint density at radius 2 is 2.05 bits per heavy atom. The molecule has 1 saturated carbocycles. The van der Waals surface area contributed by atoms with Gasteiger partial charge in [0, 0.05) is 29.2 Å². The predicted molar refractivity (Wildman–Crippen MR) is 81.2 cm³/mol. The van der Waals surface area contributed by atoms with E-state index in [9.17, 15) is 0 Å². The van der Waals surface area contributed by atoms with Crippen molar-refractivity contribution in [2.45, 2.75) is 38.6 Å². The van der Waals surface area contributed by atoms with Crippen LogP contribution < -0.4 is 11.1 Å². The molecule has 0 aliphatic heterocycles. The topological polar surface area (TPSA) is 50.9 Å². The van der Waals surface area contributed by atoms with Gasteiger partial charge >= 0.3 is 0 Å². The smallest absolute Gasteiger partial charge is 0.0630 e. The van der Waals surface area contributed by atoms with E-state index in [1.807, 2.05) is 12.3 Å². The summed E-state index contributed by atoms with van der Waals surface area (Å²) >= 11 is 0. The van der Waals surface area contributed by atoms with Crippen LogP contribution >= 0.6 is 0 Å². The molecule has 1 fully saturated rings. The van der Waals surface area contributed by atoms with E-state index in [1.54, 1.807) is 6.20 Å². The minimum Gasteiger partial charge on any atom is -0.397 e. The standard InChI is InChI=1S/C16H21N3/c1-11(12-4-2-3-5-12)19-15-7-6-13-10-18-9-8-14(13)16(15)17/h6-12,19H,2-5,17H2,1H3. The van der Waals surface area contributed by atoms with Crippen LogP contribution in [0.15, 0.2) is 30.6 Å². The first kappa shape index (κ1) is 12.3. The summed E-state index contributed by atoms with van der Waals surface area (Å²) in [5.74, 6) is 0.785. The lowest BCUT2D eigenvalue weighted by Crippen LogP contribution is -2.24. The molecule has 0 bridgehead atoms. The number of pyridine rings is 1. The van der Waals surface area contributed by atoms with Gasteiger partial charge in [0.15, 0.2) is 0 Å². The largest absolute Gasteiger partial charge is 0.397 e. The quantitative estimate of drug-likeness (QED) is 0.820. The molecule has 1 aliphatic carbocycles. The molecule has 1 heterocycles. The lowest BCUT2D eigenvalue weighted by Gasteiger charge is -2.23. The Hall–Kier alpha value is -1.77. The van der Waals surface area contributed by atoms with Crippen molar-refractivity contribution >= 4 is 22.1 Å². The summed E-state index contributed by atoms with van der Waals surface area (Å²) in [6.45, 7) is 2.27.